The van der Waals surface area contributed by atoms with Crippen molar-refractivity contribution in [2.75, 3.05) is 13.1 Å². The van der Waals surface area contributed by atoms with Gasteiger partial charge < -0.3 is 4.98 Å². The average molecular weight is 257 g/mol. The number of hydrogen-bond donors (Lipinski definition) is 1. The Morgan fingerprint density at radius 2 is 2.24 bits per heavy atom. The van der Waals surface area contributed by atoms with E-state index in [0.717, 1.165) is 17.9 Å². The molecule has 2 heterocycles. The zero-order chi connectivity index (χ0) is 12.6. The van der Waals surface area contributed by atoms with Gasteiger partial charge in [0, 0.05) is 30.9 Å². The minimum Gasteiger partial charge on any atom is -0.346 e. The molecule has 1 atom stereocenters. The molecule has 17 heavy (non-hydrogen) atoms. The van der Waals surface area contributed by atoms with Crippen LogP contribution in [-0.2, 0) is 10.0 Å². The molecule has 0 amide bonds. The number of H-pyrrole nitrogens is 1. The molecule has 1 fully saturated rings. The normalized spacial score (nSPS) is 22.5. The summed E-state index contributed by atoms with van der Waals surface area (Å²) in [6.07, 6.45) is 2.63. The predicted molar refractivity (Wildman–Crippen MR) is 66.3 cm³/mol. The highest BCUT2D eigenvalue weighted by molar-refractivity contribution is 7.89. The van der Waals surface area contributed by atoms with Crippen LogP contribution in [0.15, 0.2) is 6.20 Å². The van der Waals surface area contributed by atoms with Crippen molar-refractivity contribution in [3.63, 3.8) is 0 Å². The predicted octanol–water partition coefficient (Wildman–Crippen LogP) is 1.25. The van der Waals surface area contributed by atoms with Gasteiger partial charge in [0.15, 0.2) is 0 Å². The van der Waals surface area contributed by atoms with Crippen LogP contribution in [0.5, 0.6) is 0 Å². The number of sulfonamides is 1. The third-order valence-corrected chi connectivity index (χ3v) is 5.46. The number of rotatable bonds is 3. The molecule has 1 saturated heterocycles. The van der Waals surface area contributed by atoms with E-state index in [-0.39, 0.29) is 11.2 Å². The van der Waals surface area contributed by atoms with Crippen LogP contribution >= 0.6 is 0 Å². The second kappa shape index (κ2) is 4.42. The molecule has 0 aliphatic carbocycles. The van der Waals surface area contributed by atoms with Crippen molar-refractivity contribution in [2.45, 2.75) is 38.4 Å². The molecular formula is C11H19N3O2S. The molecule has 1 aromatic rings. The highest BCUT2D eigenvalue weighted by atomic mass is 32.2. The Kier molecular flexibility index (Phi) is 3.27. The first kappa shape index (κ1) is 12.6. The van der Waals surface area contributed by atoms with Gasteiger partial charge in [-0.05, 0) is 27.2 Å². The number of aromatic amines is 1. The number of imidazole rings is 1. The average Bonchev–Trinajstić information content (AvgIpc) is 2.85. The van der Waals surface area contributed by atoms with Crippen LogP contribution in [0, 0.1) is 6.92 Å². The van der Waals surface area contributed by atoms with Crippen molar-refractivity contribution in [1.29, 1.82) is 0 Å². The van der Waals surface area contributed by atoms with Gasteiger partial charge >= 0.3 is 0 Å². The molecule has 1 aliphatic rings. The standard InChI is InChI=1S/C11H19N3O2S/c1-8(2)17(15,16)14-5-4-10(7-14)11-12-6-9(3)13-11/h6,8,10H,4-5,7H2,1-3H3,(H,12,13)/t10-/m0/s1. The SMILES string of the molecule is Cc1cnc([C@H]2CCN(S(=O)(=O)C(C)C)C2)[nH]1. The lowest BCUT2D eigenvalue weighted by molar-refractivity contribution is 0.464. The number of hydrogen-bond acceptors (Lipinski definition) is 3. The first-order valence-electron chi connectivity index (χ1n) is 5.91. The summed E-state index contributed by atoms with van der Waals surface area (Å²) in [6.45, 7) is 6.55. The maximum absolute atomic E-state index is 12.0. The minimum absolute atomic E-state index is 0.206. The van der Waals surface area contributed by atoms with E-state index in [0.29, 0.717) is 13.1 Å². The zero-order valence-electron chi connectivity index (χ0n) is 10.5. The van der Waals surface area contributed by atoms with Gasteiger partial charge in [-0.25, -0.2) is 17.7 Å². The largest absolute Gasteiger partial charge is 0.346 e. The second-order valence-corrected chi connectivity index (χ2v) is 7.38. The minimum atomic E-state index is -3.12. The van der Waals surface area contributed by atoms with Gasteiger partial charge in [-0.3, -0.25) is 0 Å². The van der Waals surface area contributed by atoms with Crippen molar-refractivity contribution in [3.8, 4) is 0 Å². The van der Waals surface area contributed by atoms with Gasteiger partial charge in [0.2, 0.25) is 10.0 Å². The molecular weight excluding hydrogens is 238 g/mol. The summed E-state index contributed by atoms with van der Waals surface area (Å²) in [7, 11) is -3.12. The Morgan fingerprint density at radius 3 is 2.76 bits per heavy atom. The first-order chi connectivity index (χ1) is 7.91. The van der Waals surface area contributed by atoms with E-state index < -0.39 is 10.0 Å². The number of nitrogens with zero attached hydrogens (tertiary/aromatic N) is 2. The third-order valence-electron chi connectivity index (χ3n) is 3.22. The molecule has 5 nitrogen and oxygen atoms in total. The van der Waals surface area contributed by atoms with Crippen LogP contribution in [-0.4, -0.2) is 41.0 Å². The van der Waals surface area contributed by atoms with Gasteiger partial charge in [-0.2, -0.15) is 0 Å². The van der Waals surface area contributed by atoms with Crippen LogP contribution < -0.4 is 0 Å². The van der Waals surface area contributed by atoms with E-state index in [4.69, 9.17) is 0 Å². The molecule has 1 aliphatic heterocycles. The summed E-state index contributed by atoms with van der Waals surface area (Å²) < 4.78 is 25.6. The van der Waals surface area contributed by atoms with E-state index in [1.807, 2.05) is 6.92 Å². The fourth-order valence-electron chi connectivity index (χ4n) is 2.12. The quantitative estimate of drug-likeness (QED) is 0.886. The van der Waals surface area contributed by atoms with Crippen molar-refractivity contribution >= 4 is 10.0 Å². The van der Waals surface area contributed by atoms with E-state index in [9.17, 15) is 8.42 Å². The lowest BCUT2D eigenvalue weighted by atomic mass is 10.1. The molecule has 6 heteroatoms. The van der Waals surface area contributed by atoms with Crippen LogP contribution in [0.1, 0.15) is 37.7 Å². The smallest absolute Gasteiger partial charge is 0.216 e. The molecule has 1 N–H and O–H groups in total. The summed E-state index contributed by atoms with van der Waals surface area (Å²) in [6, 6.07) is 0. The zero-order valence-corrected chi connectivity index (χ0v) is 11.3. The Balaban J connectivity index is 2.11. The van der Waals surface area contributed by atoms with Crippen molar-refractivity contribution in [2.24, 2.45) is 0 Å². The Labute approximate surface area is 102 Å². The fourth-order valence-corrected chi connectivity index (χ4v) is 3.46. The maximum atomic E-state index is 12.0. The van der Waals surface area contributed by atoms with E-state index in [1.165, 1.54) is 0 Å². The summed E-state index contributed by atoms with van der Waals surface area (Å²) >= 11 is 0. The maximum Gasteiger partial charge on any atom is 0.216 e. The lowest BCUT2D eigenvalue weighted by Crippen LogP contribution is -2.34. The highest BCUT2D eigenvalue weighted by Crippen LogP contribution is 2.28. The topological polar surface area (TPSA) is 66.1 Å². The lowest BCUT2D eigenvalue weighted by Gasteiger charge is -2.18. The van der Waals surface area contributed by atoms with Gasteiger partial charge in [0.1, 0.15) is 5.82 Å². The molecule has 0 unspecified atom stereocenters. The molecule has 2 rings (SSSR count). The van der Waals surface area contributed by atoms with Crippen LogP contribution in [0.3, 0.4) is 0 Å². The third kappa shape index (κ3) is 2.37. The molecule has 96 valence electrons. The summed E-state index contributed by atoms with van der Waals surface area (Å²) in [5, 5.41) is -0.348. The van der Waals surface area contributed by atoms with Gasteiger partial charge in [0.05, 0.1) is 5.25 Å². The second-order valence-electron chi connectivity index (χ2n) is 4.89. The monoisotopic (exact) mass is 257 g/mol. The van der Waals surface area contributed by atoms with Crippen LogP contribution in [0.25, 0.3) is 0 Å². The molecule has 0 bridgehead atoms. The number of aryl methyl sites for hydroxylation is 1. The van der Waals surface area contributed by atoms with Gasteiger partial charge in [-0.15, -0.1) is 0 Å². The van der Waals surface area contributed by atoms with Crippen molar-refractivity contribution in [3.05, 3.63) is 17.7 Å². The highest BCUT2D eigenvalue weighted by Gasteiger charge is 2.34. The summed E-state index contributed by atoms with van der Waals surface area (Å²) in [5.41, 5.74) is 1.02. The van der Waals surface area contributed by atoms with Crippen molar-refractivity contribution < 1.29 is 8.42 Å². The molecule has 1 aromatic heterocycles. The van der Waals surface area contributed by atoms with Crippen LogP contribution in [0.4, 0.5) is 0 Å². The molecule has 0 aromatic carbocycles. The van der Waals surface area contributed by atoms with Gasteiger partial charge in [-0.1, -0.05) is 0 Å². The van der Waals surface area contributed by atoms with Crippen LogP contribution in [0.2, 0.25) is 0 Å². The molecule has 0 spiro atoms. The van der Waals surface area contributed by atoms with Gasteiger partial charge in [0.25, 0.3) is 0 Å². The van der Waals surface area contributed by atoms with E-state index in [2.05, 4.69) is 9.97 Å². The Hall–Kier alpha value is -0.880. The number of aromatic nitrogens is 2. The van der Waals surface area contributed by atoms with Crippen molar-refractivity contribution in [1.82, 2.24) is 14.3 Å². The summed E-state index contributed by atoms with van der Waals surface area (Å²) in [4.78, 5) is 7.47. The summed E-state index contributed by atoms with van der Waals surface area (Å²) in [5.74, 6) is 1.11. The first-order valence-corrected chi connectivity index (χ1v) is 7.42. The molecule has 0 saturated carbocycles. The molecule has 0 radical (unpaired) electrons. The number of nitrogens with one attached hydrogen (secondary N) is 1. The fraction of sp³-hybridized carbons (Fsp3) is 0.727. The Bertz CT molecular complexity index is 493. The Morgan fingerprint density at radius 1 is 1.53 bits per heavy atom. The van der Waals surface area contributed by atoms with E-state index in [1.54, 1.807) is 24.3 Å². The van der Waals surface area contributed by atoms with E-state index >= 15 is 0 Å².